The summed E-state index contributed by atoms with van der Waals surface area (Å²) in [5.74, 6) is 0.391. The van der Waals surface area contributed by atoms with Crippen LogP contribution < -0.4 is 15.0 Å². The molecule has 2 aromatic carbocycles. The Balaban J connectivity index is 0.00000361. The summed E-state index contributed by atoms with van der Waals surface area (Å²) >= 11 is 0. The van der Waals surface area contributed by atoms with E-state index >= 15 is 0 Å². The highest BCUT2D eigenvalue weighted by Crippen LogP contribution is 2.40. The van der Waals surface area contributed by atoms with Crippen molar-refractivity contribution in [2.75, 3.05) is 38.2 Å². The third-order valence-corrected chi connectivity index (χ3v) is 6.59. The third-order valence-electron chi connectivity index (χ3n) is 6.59. The number of carbonyl (C=O) groups excluding carboxylic acids is 2. The van der Waals surface area contributed by atoms with Gasteiger partial charge in [-0.25, -0.2) is 9.85 Å². The molecule has 8 nitrogen and oxygen atoms in total. The van der Waals surface area contributed by atoms with E-state index in [2.05, 4.69) is 29.2 Å². The molecule has 2 amide bonds. The minimum absolute atomic E-state index is 0. The molecule has 0 spiro atoms. The summed E-state index contributed by atoms with van der Waals surface area (Å²) in [7, 11) is 1.77. The summed E-state index contributed by atoms with van der Waals surface area (Å²) in [5, 5.41) is 6.62. The Morgan fingerprint density at radius 1 is 1.11 bits per heavy atom. The minimum atomic E-state index is -0.148. The second-order valence-electron chi connectivity index (χ2n) is 9.09. The van der Waals surface area contributed by atoms with Crippen LogP contribution in [0.3, 0.4) is 0 Å². The fourth-order valence-corrected chi connectivity index (χ4v) is 4.58. The molecule has 1 N–H and O–H groups in total. The average Bonchev–Trinajstić information content (AvgIpc) is 3.52. The number of amides is 2. The van der Waals surface area contributed by atoms with E-state index in [1.165, 1.54) is 11.1 Å². The maximum absolute atomic E-state index is 13.4. The van der Waals surface area contributed by atoms with E-state index in [4.69, 9.17) is 11.3 Å². The van der Waals surface area contributed by atoms with Crippen LogP contribution >= 0.6 is 0 Å². The van der Waals surface area contributed by atoms with Gasteiger partial charge in [0.05, 0.1) is 32.0 Å². The lowest BCUT2D eigenvalue weighted by atomic mass is 10.1. The minimum Gasteiger partial charge on any atom is -0.491 e. The van der Waals surface area contributed by atoms with E-state index in [0.29, 0.717) is 49.8 Å². The van der Waals surface area contributed by atoms with Crippen LogP contribution in [0.4, 0.5) is 11.4 Å². The van der Waals surface area contributed by atoms with Crippen molar-refractivity contribution < 1.29 is 14.3 Å². The number of benzene rings is 2. The maximum atomic E-state index is 13.4. The molecular weight excluding hydrogens is 454 g/mol. The van der Waals surface area contributed by atoms with Crippen molar-refractivity contribution >= 4 is 23.2 Å². The van der Waals surface area contributed by atoms with Crippen LogP contribution in [0.15, 0.2) is 36.4 Å². The first kappa shape index (κ1) is 27.0. The molecule has 0 saturated carbocycles. The number of ether oxygens (including phenoxy) is 1. The molecule has 4 rings (SSSR count). The summed E-state index contributed by atoms with van der Waals surface area (Å²) in [5.41, 5.74) is 4.48. The molecule has 8 heteroatoms. The number of fused-ring (bicyclic) bond motifs is 2. The van der Waals surface area contributed by atoms with Crippen LogP contribution in [0.5, 0.6) is 5.75 Å². The average molecular weight is 492 g/mol. The number of rotatable bonds is 10. The Morgan fingerprint density at radius 2 is 1.83 bits per heavy atom. The Hall–Kier alpha value is -3.57. The van der Waals surface area contributed by atoms with Crippen molar-refractivity contribution in [3.8, 4) is 5.75 Å². The largest absolute Gasteiger partial charge is 0.491 e. The van der Waals surface area contributed by atoms with E-state index < -0.39 is 0 Å². The van der Waals surface area contributed by atoms with Crippen molar-refractivity contribution in [2.45, 2.75) is 53.1 Å². The van der Waals surface area contributed by atoms with Gasteiger partial charge in [-0.05, 0) is 35.2 Å². The van der Waals surface area contributed by atoms with Crippen LogP contribution in [0.1, 0.15) is 50.3 Å². The van der Waals surface area contributed by atoms with Gasteiger partial charge in [0.15, 0.2) is 5.69 Å². The standard InChI is InChI=1S/C27H33N5O3.CH4/c1-4-5-8-12-29-25(33)18-31(24-15-23(28-2)14-20-11-13-35-27(20)24)19-26(34)30(3)32-16-21-9-6-7-10-22(21)17-32;/h6-7,9-10,14-15H,4-5,8,11-13,16-19H2,1,3H3,(H,29,33);1H4. The molecule has 2 aliphatic heterocycles. The van der Waals surface area contributed by atoms with Crippen LogP contribution in [-0.2, 0) is 29.1 Å². The molecule has 0 bridgehead atoms. The predicted molar refractivity (Wildman–Crippen MR) is 142 cm³/mol. The smallest absolute Gasteiger partial charge is 0.256 e. The number of unbranched alkanes of at least 4 members (excludes halogenated alkanes) is 2. The lowest BCUT2D eigenvalue weighted by molar-refractivity contribution is -0.145. The zero-order valence-corrected chi connectivity index (χ0v) is 20.5. The molecule has 192 valence electrons. The number of hydrogen-bond acceptors (Lipinski definition) is 5. The molecule has 36 heavy (non-hydrogen) atoms. The lowest BCUT2D eigenvalue weighted by Crippen LogP contribution is -2.48. The molecular formula is C28H37N5O3. The lowest BCUT2D eigenvalue weighted by Gasteiger charge is -2.32. The first-order valence-corrected chi connectivity index (χ1v) is 12.3. The summed E-state index contributed by atoms with van der Waals surface area (Å²) in [6, 6.07) is 11.7. The second-order valence-corrected chi connectivity index (χ2v) is 9.09. The second kappa shape index (κ2) is 12.4. The first-order valence-electron chi connectivity index (χ1n) is 12.3. The Bertz CT molecular complexity index is 1100. The molecule has 0 unspecified atom stereocenters. The highest BCUT2D eigenvalue weighted by molar-refractivity contribution is 5.88. The molecule has 2 heterocycles. The molecule has 0 radical (unpaired) electrons. The van der Waals surface area contributed by atoms with Gasteiger partial charge in [-0.3, -0.25) is 14.6 Å². The fourth-order valence-electron chi connectivity index (χ4n) is 4.58. The van der Waals surface area contributed by atoms with Crippen LogP contribution in [0.25, 0.3) is 4.85 Å². The van der Waals surface area contributed by atoms with Gasteiger partial charge in [-0.1, -0.05) is 51.5 Å². The molecule has 2 aliphatic rings. The number of hydrogen-bond donors (Lipinski definition) is 1. The van der Waals surface area contributed by atoms with Crippen molar-refractivity contribution in [1.29, 1.82) is 0 Å². The summed E-state index contributed by atoms with van der Waals surface area (Å²) in [6.45, 7) is 12.1. The van der Waals surface area contributed by atoms with Crippen molar-refractivity contribution in [1.82, 2.24) is 15.3 Å². The van der Waals surface area contributed by atoms with Crippen LogP contribution in [-0.4, -0.2) is 55.1 Å². The monoisotopic (exact) mass is 491 g/mol. The highest BCUT2D eigenvalue weighted by atomic mass is 16.5. The van der Waals surface area contributed by atoms with Gasteiger partial charge in [-0.2, -0.15) is 0 Å². The Kier molecular flexibility index (Phi) is 9.31. The van der Waals surface area contributed by atoms with Gasteiger partial charge in [-0.15, -0.1) is 0 Å². The predicted octanol–water partition coefficient (Wildman–Crippen LogP) is 4.31. The summed E-state index contributed by atoms with van der Waals surface area (Å²) in [6.07, 6.45) is 3.77. The Morgan fingerprint density at radius 3 is 2.50 bits per heavy atom. The summed E-state index contributed by atoms with van der Waals surface area (Å²) in [4.78, 5) is 31.6. The first-order chi connectivity index (χ1) is 17.0. The Labute approximate surface area is 214 Å². The van der Waals surface area contributed by atoms with E-state index in [0.717, 1.165) is 24.8 Å². The SMILES string of the molecule is C.[C-]#[N+]c1cc2c(c(N(CC(=O)NCCCCC)CC(=O)N(C)N3Cc4ccccc4C3)c1)OCC2. The van der Waals surface area contributed by atoms with Gasteiger partial charge in [0.1, 0.15) is 5.75 Å². The van der Waals surface area contributed by atoms with E-state index in [1.54, 1.807) is 23.0 Å². The van der Waals surface area contributed by atoms with Crippen molar-refractivity contribution in [3.63, 3.8) is 0 Å². The number of nitrogens with one attached hydrogen (secondary N) is 1. The fraction of sp³-hybridized carbons (Fsp3) is 0.464. The molecule has 0 saturated heterocycles. The van der Waals surface area contributed by atoms with E-state index in [-0.39, 0.29) is 32.3 Å². The van der Waals surface area contributed by atoms with E-state index in [9.17, 15) is 9.59 Å². The molecule has 0 atom stereocenters. The number of likely N-dealkylation sites (N-methyl/N-ethyl adjacent to an activating group) is 1. The normalized spacial score (nSPS) is 13.6. The van der Waals surface area contributed by atoms with Gasteiger partial charge in [0.2, 0.25) is 5.91 Å². The highest BCUT2D eigenvalue weighted by Gasteiger charge is 2.29. The number of nitrogens with zero attached hydrogens (tertiary/aromatic N) is 4. The molecule has 0 fully saturated rings. The van der Waals surface area contributed by atoms with Crippen LogP contribution in [0.2, 0.25) is 0 Å². The van der Waals surface area contributed by atoms with Crippen molar-refractivity contribution in [2.24, 2.45) is 0 Å². The number of anilines is 1. The summed E-state index contributed by atoms with van der Waals surface area (Å²) < 4.78 is 5.88. The van der Waals surface area contributed by atoms with Gasteiger partial charge >= 0.3 is 0 Å². The molecule has 0 aromatic heterocycles. The van der Waals surface area contributed by atoms with Gasteiger partial charge in [0.25, 0.3) is 5.91 Å². The molecule has 2 aromatic rings. The third kappa shape index (κ3) is 6.16. The molecule has 0 aliphatic carbocycles. The van der Waals surface area contributed by atoms with Gasteiger partial charge < -0.3 is 15.0 Å². The van der Waals surface area contributed by atoms with Crippen LogP contribution in [0, 0.1) is 6.57 Å². The zero-order chi connectivity index (χ0) is 24.8. The van der Waals surface area contributed by atoms with E-state index in [1.807, 2.05) is 23.2 Å². The number of hydrazine groups is 1. The number of carbonyl (C=O) groups is 2. The quantitative estimate of drug-likeness (QED) is 0.396. The zero-order valence-electron chi connectivity index (χ0n) is 20.5. The van der Waals surface area contributed by atoms with Gasteiger partial charge in [0, 0.05) is 33.1 Å². The maximum Gasteiger partial charge on any atom is 0.256 e. The van der Waals surface area contributed by atoms with Crippen molar-refractivity contribution in [3.05, 3.63) is 64.5 Å². The topological polar surface area (TPSA) is 69.5 Å².